The first-order chi connectivity index (χ1) is 12.7. The molecule has 2 aliphatic rings. The van der Waals surface area contributed by atoms with Gasteiger partial charge in [-0.3, -0.25) is 4.99 Å². The molecule has 0 aromatic rings. The number of likely N-dealkylation sites (N-methyl/N-ethyl adjacent to an activating group) is 1. The van der Waals surface area contributed by atoms with Crippen molar-refractivity contribution in [3.05, 3.63) is 0 Å². The second-order valence-electron chi connectivity index (χ2n) is 8.07. The summed E-state index contributed by atoms with van der Waals surface area (Å²) in [5.74, 6) is 0.982. The van der Waals surface area contributed by atoms with Crippen molar-refractivity contribution < 1.29 is 4.74 Å². The van der Waals surface area contributed by atoms with Gasteiger partial charge in [-0.1, -0.05) is 6.42 Å². The molecule has 1 heterocycles. The molecule has 0 spiro atoms. The highest BCUT2D eigenvalue weighted by atomic mass is 16.5. The maximum Gasteiger partial charge on any atom is 0.191 e. The maximum atomic E-state index is 5.29. The zero-order valence-corrected chi connectivity index (χ0v) is 17.4. The fourth-order valence-electron chi connectivity index (χ4n) is 3.81. The van der Waals surface area contributed by atoms with E-state index in [1.54, 1.807) is 7.11 Å². The topological polar surface area (TPSA) is 52.1 Å². The standard InChI is InChI=1S/C20H41N5O/c1-4-21-19(23-18-20(8-7-9-20)10-17-26-3)22-11-5-6-12-25-15-13-24(2)14-16-25/h4-18H2,1-3H3,(H2,21,22,23). The highest BCUT2D eigenvalue weighted by Gasteiger charge is 2.36. The van der Waals surface area contributed by atoms with E-state index in [0.29, 0.717) is 5.41 Å². The van der Waals surface area contributed by atoms with Gasteiger partial charge in [-0.2, -0.15) is 0 Å². The molecule has 0 atom stereocenters. The molecule has 0 radical (unpaired) electrons. The van der Waals surface area contributed by atoms with Crippen LogP contribution in [0.3, 0.4) is 0 Å². The predicted octanol–water partition coefficient (Wildman–Crippen LogP) is 1.78. The van der Waals surface area contributed by atoms with E-state index >= 15 is 0 Å². The van der Waals surface area contributed by atoms with Crippen LogP contribution in [0, 0.1) is 5.41 Å². The Labute approximate surface area is 160 Å². The van der Waals surface area contributed by atoms with Gasteiger partial charge >= 0.3 is 0 Å². The predicted molar refractivity (Wildman–Crippen MR) is 110 cm³/mol. The van der Waals surface area contributed by atoms with Gasteiger partial charge < -0.3 is 25.2 Å². The van der Waals surface area contributed by atoms with Crippen LogP contribution in [0.1, 0.15) is 45.4 Å². The number of ether oxygens (including phenoxy) is 1. The number of methoxy groups -OCH3 is 1. The van der Waals surface area contributed by atoms with Crippen molar-refractivity contribution in [1.82, 2.24) is 20.4 Å². The Hall–Kier alpha value is -0.850. The summed E-state index contributed by atoms with van der Waals surface area (Å²) in [5, 5.41) is 6.92. The summed E-state index contributed by atoms with van der Waals surface area (Å²) < 4.78 is 5.29. The van der Waals surface area contributed by atoms with E-state index < -0.39 is 0 Å². The summed E-state index contributed by atoms with van der Waals surface area (Å²) >= 11 is 0. The van der Waals surface area contributed by atoms with Gasteiger partial charge in [0.25, 0.3) is 0 Å². The molecule has 1 saturated heterocycles. The highest BCUT2D eigenvalue weighted by Crippen LogP contribution is 2.44. The molecular weight excluding hydrogens is 326 g/mol. The number of rotatable bonds is 11. The molecule has 26 heavy (non-hydrogen) atoms. The summed E-state index contributed by atoms with van der Waals surface area (Å²) in [6, 6.07) is 0. The van der Waals surface area contributed by atoms with Crippen LogP contribution in [0.4, 0.5) is 0 Å². The van der Waals surface area contributed by atoms with Gasteiger partial charge in [-0.15, -0.1) is 0 Å². The minimum Gasteiger partial charge on any atom is -0.385 e. The van der Waals surface area contributed by atoms with Crippen LogP contribution >= 0.6 is 0 Å². The van der Waals surface area contributed by atoms with Crippen molar-refractivity contribution in [3.63, 3.8) is 0 Å². The summed E-state index contributed by atoms with van der Waals surface area (Å²) in [6.45, 7) is 11.9. The third kappa shape index (κ3) is 7.41. The largest absolute Gasteiger partial charge is 0.385 e. The van der Waals surface area contributed by atoms with Crippen molar-refractivity contribution in [3.8, 4) is 0 Å². The normalized spacial score (nSPS) is 21.4. The number of unbranched alkanes of at least 4 members (excludes halogenated alkanes) is 1. The quantitative estimate of drug-likeness (QED) is 0.331. The zero-order valence-electron chi connectivity index (χ0n) is 17.4. The highest BCUT2D eigenvalue weighted by molar-refractivity contribution is 5.79. The smallest absolute Gasteiger partial charge is 0.191 e. The van der Waals surface area contributed by atoms with Crippen molar-refractivity contribution >= 4 is 5.96 Å². The van der Waals surface area contributed by atoms with Gasteiger partial charge in [0.15, 0.2) is 5.96 Å². The molecule has 1 saturated carbocycles. The fraction of sp³-hybridized carbons (Fsp3) is 0.950. The minimum absolute atomic E-state index is 0.389. The number of nitrogens with zero attached hydrogens (tertiary/aromatic N) is 3. The average molecular weight is 368 g/mol. The molecule has 2 fully saturated rings. The van der Waals surface area contributed by atoms with E-state index in [9.17, 15) is 0 Å². The van der Waals surface area contributed by atoms with Crippen LogP contribution in [0.25, 0.3) is 0 Å². The van der Waals surface area contributed by atoms with Gasteiger partial charge in [0, 0.05) is 59.5 Å². The molecule has 1 aliphatic carbocycles. The lowest BCUT2D eigenvalue weighted by Crippen LogP contribution is -2.44. The number of guanidine groups is 1. The summed E-state index contributed by atoms with van der Waals surface area (Å²) in [5.41, 5.74) is 0.389. The van der Waals surface area contributed by atoms with Crippen LogP contribution in [0.15, 0.2) is 4.99 Å². The summed E-state index contributed by atoms with van der Waals surface area (Å²) in [4.78, 5) is 9.89. The van der Waals surface area contributed by atoms with E-state index in [1.807, 2.05) is 0 Å². The van der Waals surface area contributed by atoms with Crippen molar-refractivity contribution in [2.75, 3.05) is 73.1 Å². The molecule has 0 aromatic carbocycles. The Morgan fingerprint density at radius 3 is 2.50 bits per heavy atom. The molecule has 0 amide bonds. The van der Waals surface area contributed by atoms with Gasteiger partial charge in [-0.05, 0) is 58.0 Å². The lowest BCUT2D eigenvalue weighted by molar-refractivity contribution is 0.0778. The Morgan fingerprint density at radius 1 is 1.12 bits per heavy atom. The number of hydrogen-bond acceptors (Lipinski definition) is 4. The van der Waals surface area contributed by atoms with Gasteiger partial charge in [0.2, 0.25) is 0 Å². The van der Waals surface area contributed by atoms with E-state index in [-0.39, 0.29) is 0 Å². The van der Waals surface area contributed by atoms with Gasteiger partial charge in [0.1, 0.15) is 0 Å². The molecule has 0 aromatic heterocycles. The van der Waals surface area contributed by atoms with E-state index in [0.717, 1.165) is 38.6 Å². The Balaban J connectivity index is 1.63. The second-order valence-corrected chi connectivity index (χ2v) is 8.07. The van der Waals surface area contributed by atoms with Crippen molar-refractivity contribution in [1.29, 1.82) is 0 Å². The van der Waals surface area contributed by atoms with Crippen molar-refractivity contribution in [2.24, 2.45) is 10.4 Å². The molecule has 0 unspecified atom stereocenters. The minimum atomic E-state index is 0.389. The summed E-state index contributed by atoms with van der Waals surface area (Å²) in [6.07, 6.45) is 7.53. The van der Waals surface area contributed by atoms with Gasteiger partial charge in [-0.25, -0.2) is 0 Å². The number of aliphatic imine (C=N–C) groups is 1. The van der Waals surface area contributed by atoms with E-state index in [4.69, 9.17) is 9.73 Å². The number of hydrogen-bond donors (Lipinski definition) is 2. The maximum absolute atomic E-state index is 5.29. The van der Waals surface area contributed by atoms with Crippen LogP contribution in [0.2, 0.25) is 0 Å². The second kappa shape index (κ2) is 11.8. The zero-order chi connectivity index (χ0) is 18.7. The lowest BCUT2D eigenvalue weighted by Gasteiger charge is -2.40. The molecule has 0 bridgehead atoms. The fourth-order valence-corrected chi connectivity index (χ4v) is 3.81. The van der Waals surface area contributed by atoms with E-state index in [1.165, 1.54) is 64.8 Å². The van der Waals surface area contributed by atoms with Crippen LogP contribution in [-0.4, -0.2) is 88.9 Å². The molecule has 2 N–H and O–H groups in total. The first kappa shape index (κ1) is 21.5. The average Bonchev–Trinajstić information content (AvgIpc) is 2.61. The van der Waals surface area contributed by atoms with Crippen LogP contribution < -0.4 is 10.6 Å². The third-order valence-electron chi connectivity index (χ3n) is 5.96. The van der Waals surface area contributed by atoms with Gasteiger partial charge in [0.05, 0.1) is 0 Å². The van der Waals surface area contributed by atoms with E-state index in [2.05, 4.69) is 34.4 Å². The lowest BCUT2D eigenvalue weighted by atomic mass is 9.67. The first-order valence-corrected chi connectivity index (χ1v) is 10.6. The Bertz CT molecular complexity index is 403. The molecule has 2 rings (SSSR count). The molecule has 1 aliphatic heterocycles. The molecule has 6 heteroatoms. The van der Waals surface area contributed by atoms with Crippen LogP contribution in [-0.2, 0) is 4.74 Å². The summed E-state index contributed by atoms with van der Waals surface area (Å²) in [7, 11) is 4.01. The SMILES string of the molecule is CCNC(=NCC1(CCOC)CCC1)NCCCCN1CCN(C)CC1. The number of piperazine rings is 1. The number of nitrogens with one attached hydrogen (secondary N) is 2. The molecule has 152 valence electrons. The Morgan fingerprint density at radius 2 is 1.88 bits per heavy atom. The first-order valence-electron chi connectivity index (χ1n) is 10.6. The van der Waals surface area contributed by atoms with Crippen LogP contribution in [0.5, 0.6) is 0 Å². The Kier molecular flexibility index (Phi) is 9.72. The molecule has 6 nitrogen and oxygen atoms in total. The van der Waals surface area contributed by atoms with Crippen molar-refractivity contribution in [2.45, 2.75) is 45.4 Å². The molecular formula is C20H41N5O. The third-order valence-corrected chi connectivity index (χ3v) is 5.96. The monoisotopic (exact) mass is 367 g/mol.